The number of halogens is 1. The average Bonchev–Trinajstić information content (AvgIpc) is 2.78. The van der Waals surface area contributed by atoms with Gasteiger partial charge in [-0.3, -0.25) is 14.1 Å². The van der Waals surface area contributed by atoms with Gasteiger partial charge in [-0.2, -0.15) is 0 Å². The smallest absolute Gasteiger partial charge is 0.266 e. The summed E-state index contributed by atoms with van der Waals surface area (Å²) >= 11 is 6.25. The highest BCUT2D eigenvalue weighted by Gasteiger charge is 2.27. The first-order chi connectivity index (χ1) is 14.8. The van der Waals surface area contributed by atoms with E-state index in [1.807, 2.05) is 6.92 Å². The van der Waals surface area contributed by atoms with Crippen LogP contribution in [0.2, 0.25) is 5.02 Å². The van der Waals surface area contributed by atoms with E-state index in [2.05, 4.69) is 16.9 Å². The van der Waals surface area contributed by atoms with Gasteiger partial charge in [-0.05, 0) is 55.0 Å². The number of benzene rings is 2. The minimum Gasteiger partial charge on any atom is -0.346 e. The van der Waals surface area contributed by atoms with Crippen LogP contribution in [-0.4, -0.2) is 25.9 Å². The lowest BCUT2D eigenvalue weighted by atomic mass is 10.1. The Kier molecular flexibility index (Phi) is 7.09. The second kappa shape index (κ2) is 9.76. The SMILES string of the molecule is C=CCN(c1ccccc1)S(=O)(=O)c1cc(C(=O)NC(C)c2ccncc2)ccc1Cl. The van der Waals surface area contributed by atoms with Crippen LogP contribution in [0.3, 0.4) is 0 Å². The Bertz CT molecular complexity index is 1170. The summed E-state index contributed by atoms with van der Waals surface area (Å²) in [4.78, 5) is 16.6. The minimum atomic E-state index is -4.04. The molecule has 1 amide bonds. The molecule has 0 fully saturated rings. The van der Waals surface area contributed by atoms with Crippen molar-refractivity contribution in [2.75, 3.05) is 10.8 Å². The Balaban J connectivity index is 1.94. The highest BCUT2D eigenvalue weighted by molar-refractivity contribution is 7.93. The van der Waals surface area contributed by atoms with E-state index < -0.39 is 15.9 Å². The summed E-state index contributed by atoms with van der Waals surface area (Å²) in [6.07, 6.45) is 4.77. The van der Waals surface area contributed by atoms with Crippen LogP contribution in [-0.2, 0) is 10.0 Å². The van der Waals surface area contributed by atoms with E-state index in [4.69, 9.17) is 11.6 Å². The summed E-state index contributed by atoms with van der Waals surface area (Å²) in [5.74, 6) is -0.410. The topological polar surface area (TPSA) is 79.4 Å². The number of nitrogens with one attached hydrogen (secondary N) is 1. The fourth-order valence-corrected chi connectivity index (χ4v) is 4.97. The lowest BCUT2D eigenvalue weighted by Gasteiger charge is -2.24. The number of pyridine rings is 1. The Morgan fingerprint density at radius 2 is 1.84 bits per heavy atom. The van der Waals surface area contributed by atoms with Crippen molar-refractivity contribution < 1.29 is 13.2 Å². The molecule has 1 heterocycles. The van der Waals surface area contributed by atoms with Crippen molar-refractivity contribution in [2.24, 2.45) is 0 Å². The first kappa shape index (κ1) is 22.5. The number of hydrogen-bond donors (Lipinski definition) is 1. The van der Waals surface area contributed by atoms with E-state index in [1.54, 1.807) is 54.9 Å². The van der Waals surface area contributed by atoms with Gasteiger partial charge < -0.3 is 5.32 Å². The summed E-state index contributed by atoms with van der Waals surface area (Å²) in [6, 6.07) is 16.2. The Labute approximate surface area is 187 Å². The van der Waals surface area contributed by atoms with Crippen LogP contribution in [0, 0.1) is 0 Å². The van der Waals surface area contributed by atoms with Crippen LogP contribution in [0.5, 0.6) is 0 Å². The van der Waals surface area contributed by atoms with Crippen LogP contribution in [0.15, 0.2) is 90.6 Å². The van der Waals surface area contributed by atoms with Gasteiger partial charge >= 0.3 is 0 Å². The second-order valence-corrected chi connectivity index (χ2v) is 9.02. The fraction of sp³-hybridized carbons (Fsp3) is 0.130. The predicted octanol–water partition coefficient (Wildman–Crippen LogP) is 4.61. The lowest BCUT2D eigenvalue weighted by molar-refractivity contribution is 0.0939. The molecule has 0 spiro atoms. The normalized spacial score (nSPS) is 12.1. The second-order valence-electron chi connectivity index (χ2n) is 6.78. The van der Waals surface area contributed by atoms with Crippen molar-refractivity contribution in [3.63, 3.8) is 0 Å². The molecular weight excluding hydrogens is 434 g/mol. The molecule has 0 aliphatic rings. The molecule has 0 radical (unpaired) electrons. The van der Waals surface area contributed by atoms with Gasteiger partial charge in [0.2, 0.25) is 0 Å². The standard InChI is InChI=1S/C23H22ClN3O3S/c1-3-15-27(20-7-5-4-6-8-20)31(29,30)22-16-19(9-10-21(22)24)23(28)26-17(2)18-11-13-25-14-12-18/h3-14,16-17H,1,15H2,2H3,(H,26,28). The molecule has 1 N–H and O–H groups in total. The molecule has 31 heavy (non-hydrogen) atoms. The zero-order valence-corrected chi connectivity index (χ0v) is 18.5. The monoisotopic (exact) mass is 455 g/mol. The van der Waals surface area contributed by atoms with Crippen LogP contribution >= 0.6 is 11.6 Å². The Morgan fingerprint density at radius 1 is 1.16 bits per heavy atom. The predicted molar refractivity (Wildman–Crippen MR) is 123 cm³/mol. The van der Waals surface area contributed by atoms with Gasteiger partial charge in [-0.1, -0.05) is 35.9 Å². The van der Waals surface area contributed by atoms with Gasteiger partial charge in [0.25, 0.3) is 15.9 Å². The summed E-state index contributed by atoms with van der Waals surface area (Å²) in [5, 5.41) is 2.89. The van der Waals surface area contributed by atoms with Gasteiger partial charge in [-0.15, -0.1) is 6.58 Å². The van der Waals surface area contributed by atoms with Gasteiger partial charge in [0, 0.05) is 18.0 Å². The Morgan fingerprint density at radius 3 is 2.48 bits per heavy atom. The van der Waals surface area contributed by atoms with E-state index >= 15 is 0 Å². The number of aromatic nitrogens is 1. The van der Waals surface area contributed by atoms with E-state index in [-0.39, 0.29) is 28.1 Å². The third kappa shape index (κ3) is 5.13. The molecule has 8 heteroatoms. The van der Waals surface area contributed by atoms with Crippen molar-refractivity contribution in [2.45, 2.75) is 17.9 Å². The molecule has 3 rings (SSSR count). The van der Waals surface area contributed by atoms with Gasteiger partial charge in [0.15, 0.2) is 0 Å². The maximum atomic E-state index is 13.4. The molecule has 2 aromatic carbocycles. The number of hydrogen-bond acceptors (Lipinski definition) is 4. The van der Waals surface area contributed by atoms with Crippen LogP contribution in [0.1, 0.15) is 28.9 Å². The third-order valence-corrected chi connectivity index (χ3v) is 6.93. The molecule has 6 nitrogen and oxygen atoms in total. The van der Waals surface area contributed by atoms with E-state index in [9.17, 15) is 13.2 Å². The molecule has 3 aromatic rings. The lowest BCUT2D eigenvalue weighted by Crippen LogP contribution is -2.32. The number of nitrogens with zero attached hydrogens (tertiary/aromatic N) is 2. The molecule has 0 aliphatic carbocycles. The maximum absolute atomic E-state index is 13.4. The average molecular weight is 456 g/mol. The number of rotatable bonds is 8. The molecule has 0 bridgehead atoms. The largest absolute Gasteiger partial charge is 0.346 e. The summed E-state index contributed by atoms with van der Waals surface area (Å²) in [7, 11) is -4.04. The quantitative estimate of drug-likeness (QED) is 0.503. The molecule has 0 saturated carbocycles. The van der Waals surface area contributed by atoms with E-state index in [0.717, 1.165) is 5.56 Å². The van der Waals surface area contributed by atoms with Crippen LogP contribution in [0.25, 0.3) is 0 Å². The van der Waals surface area contributed by atoms with Crippen LogP contribution < -0.4 is 9.62 Å². The van der Waals surface area contributed by atoms with Crippen LogP contribution in [0.4, 0.5) is 5.69 Å². The van der Waals surface area contributed by atoms with Gasteiger partial charge in [0.1, 0.15) is 4.90 Å². The number of para-hydroxylation sites is 1. The fourth-order valence-electron chi connectivity index (χ4n) is 3.03. The van der Waals surface area contributed by atoms with Gasteiger partial charge in [-0.25, -0.2) is 8.42 Å². The maximum Gasteiger partial charge on any atom is 0.266 e. The van der Waals surface area contributed by atoms with Crippen molar-refractivity contribution >= 4 is 33.2 Å². The Hall–Kier alpha value is -3.16. The number of carbonyl (C=O) groups excluding carboxylic acids is 1. The summed E-state index contributed by atoms with van der Waals surface area (Å²) < 4.78 is 28.0. The number of anilines is 1. The molecule has 0 aliphatic heterocycles. The highest BCUT2D eigenvalue weighted by Crippen LogP contribution is 2.29. The van der Waals surface area contributed by atoms with Crippen molar-refractivity contribution in [3.05, 3.63) is 102 Å². The highest BCUT2D eigenvalue weighted by atomic mass is 35.5. The molecule has 160 valence electrons. The molecular formula is C23H22ClN3O3S. The molecule has 0 saturated heterocycles. The number of amides is 1. The van der Waals surface area contributed by atoms with E-state index in [1.165, 1.54) is 28.6 Å². The van der Waals surface area contributed by atoms with Crippen molar-refractivity contribution in [1.82, 2.24) is 10.3 Å². The number of sulfonamides is 1. The molecule has 1 unspecified atom stereocenters. The molecule has 1 atom stereocenters. The van der Waals surface area contributed by atoms with Crippen molar-refractivity contribution in [1.29, 1.82) is 0 Å². The minimum absolute atomic E-state index is 0.0312. The first-order valence-electron chi connectivity index (χ1n) is 9.53. The zero-order valence-electron chi connectivity index (χ0n) is 16.9. The number of carbonyl (C=O) groups is 1. The third-order valence-electron chi connectivity index (χ3n) is 4.65. The van der Waals surface area contributed by atoms with Crippen molar-refractivity contribution in [3.8, 4) is 0 Å². The summed E-state index contributed by atoms with van der Waals surface area (Å²) in [6.45, 7) is 5.54. The summed E-state index contributed by atoms with van der Waals surface area (Å²) in [5.41, 5.74) is 1.54. The first-order valence-corrected chi connectivity index (χ1v) is 11.4. The van der Waals surface area contributed by atoms with E-state index in [0.29, 0.717) is 5.69 Å². The van der Waals surface area contributed by atoms with Gasteiger partial charge in [0.05, 0.1) is 23.3 Å². The molecule has 1 aromatic heterocycles. The zero-order chi connectivity index (χ0) is 22.4.